The summed E-state index contributed by atoms with van der Waals surface area (Å²) >= 11 is 3.34. The molecule has 0 aliphatic carbocycles. The van der Waals surface area contributed by atoms with Crippen molar-refractivity contribution in [2.75, 3.05) is 18.4 Å². The minimum absolute atomic E-state index is 0.0664. The highest BCUT2D eigenvalue weighted by molar-refractivity contribution is 9.10. The standard InChI is InChI=1S/C18H18BrFN2O3S/c19-14-1-5-16(6-2-14)21-18(23)13-9-11-22(12-10-13)26(24,25)17-7-3-15(20)4-8-17/h1-8,13H,9-12H2,(H,21,23). The molecular weight excluding hydrogens is 423 g/mol. The lowest BCUT2D eigenvalue weighted by atomic mass is 9.97. The summed E-state index contributed by atoms with van der Waals surface area (Å²) in [5.74, 6) is -0.822. The highest BCUT2D eigenvalue weighted by atomic mass is 79.9. The van der Waals surface area contributed by atoms with Crippen LogP contribution >= 0.6 is 15.9 Å². The van der Waals surface area contributed by atoms with Crippen molar-refractivity contribution in [1.82, 2.24) is 4.31 Å². The number of nitrogens with zero attached hydrogens (tertiary/aromatic N) is 1. The molecular formula is C18H18BrFN2O3S. The van der Waals surface area contributed by atoms with Gasteiger partial charge in [-0.05, 0) is 61.4 Å². The molecule has 2 aromatic carbocycles. The van der Waals surface area contributed by atoms with Crippen molar-refractivity contribution in [3.63, 3.8) is 0 Å². The molecule has 2 aromatic rings. The van der Waals surface area contributed by atoms with Gasteiger partial charge in [0, 0.05) is 29.2 Å². The third kappa shape index (κ3) is 4.31. The number of benzene rings is 2. The number of anilines is 1. The molecule has 1 aliphatic heterocycles. The quantitative estimate of drug-likeness (QED) is 0.788. The Kier molecular flexibility index (Phi) is 5.74. The van der Waals surface area contributed by atoms with Gasteiger partial charge in [0.2, 0.25) is 15.9 Å². The van der Waals surface area contributed by atoms with Crippen LogP contribution in [0.15, 0.2) is 57.9 Å². The van der Waals surface area contributed by atoms with Crippen LogP contribution in [0.25, 0.3) is 0 Å². The monoisotopic (exact) mass is 440 g/mol. The van der Waals surface area contributed by atoms with E-state index >= 15 is 0 Å². The molecule has 8 heteroatoms. The summed E-state index contributed by atoms with van der Waals surface area (Å²) in [7, 11) is -3.66. The van der Waals surface area contributed by atoms with E-state index < -0.39 is 15.8 Å². The fraction of sp³-hybridized carbons (Fsp3) is 0.278. The van der Waals surface area contributed by atoms with Crippen LogP contribution in [0, 0.1) is 11.7 Å². The van der Waals surface area contributed by atoms with Crippen LogP contribution in [-0.4, -0.2) is 31.7 Å². The molecule has 1 amide bonds. The summed E-state index contributed by atoms with van der Waals surface area (Å²) in [6, 6.07) is 12.1. The van der Waals surface area contributed by atoms with Gasteiger partial charge in [0.05, 0.1) is 4.90 Å². The van der Waals surface area contributed by atoms with E-state index in [-0.39, 0.29) is 29.8 Å². The van der Waals surface area contributed by atoms with Crippen LogP contribution < -0.4 is 5.32 Å². The van der Waals surface area contributed by atoms with E-state index in [1.165, 1.54) is 16.4 Å². The first kappa shape index (κ1) is 19.0. The number of piperidine rings is 1. The number of nitrogens with one attached hydrogen (secondary N) is 1. The zero-order chi connectivity index (χ0) is 18.7. The van der Waals surface area contributed by atoms with Gasteiger partial charge in [-0.15, -0.1) is 0 Å². The van der Waals surface area contributed by atoms with Crippen LogP contribution in [0.3, 0.4) is 0 Å². The summed E-state index contributed by atoms with van der Waals surface area (Å²) in [4.78, 5) is 12.5. The van der Waals surface area contributed by atoms with Crippen molar-refractivity contribution < 1.29 is 17.6 Å². The molecule has 0 spiro atoms. The Balaban J connectivity index is 1.60. The van der Waals surface area contributed by atoms with Gasteiger partial charge in [0.25, 0.3) is 0 Å². The summed E-state index contributed by atoms with van der Waals surface area (Å²) in [6.45, 7) is 0.524. The number of amides is 1. The van der Waals surface area contributed by atoms with Crippen LogP contribution in [0.4, 0.5) is 10.1 Å². The number of sulfonamides is 1. The number of rotatable bonds is 4. The van der Waals surface area contributed by atoms with Gasteiger partial charge in [0.15, 0.2) is 0 Å². The maximum atomic E-state index is 13.0. The van der Waals surface area contributed by atoms with Gasteiger partial charge < -0.3 is 5.32 Å². The molecule has 1 N–H and O–H groups in total. The van der Waals surface area contributed by atoms with Gasteiger partial charge in [-0.25, -0.2) is 12.8 Å². The fourth-order valence-electron chi connectivity index (χ4n) is 2.89. The SMILES string of the molecule is O=C(Nc1ccc(Br)cc1)C1CCN(S(=O)(=O)c2ccc(F)cc2)CC1. The molecule has 138 valence electrons. The Morgan fingerprint density at radius 3 is 2.19 bits per heavy atom. The number of hydrogen-bond acceptors (Lipinski definition) is 3. The molecule has 0 unspecified atom stereocenters. The lowest BCUT2D eigenvalue weighted by Crippen LogP contribution is -2.41. The van der Waals surface area contributed by atoms with Crippen molar-refractivity contribution >= 4 is 37.5 Å². The van der Waals surface area contributed by atoms with Crippen LogP contribution in [-0.2, 0) is 14.8 Å². The van der Waals surface area contributed by atoms with Gasteiger partial charge in [-0.1, -0.05) is 15.9 Å². The fourth-order valence-corrected chi connectivity index (χ4v) is 4.63. The Hall–Kier alpha value is -1.77. The third-order valence-electron chi connectivity index (χ3n) is 4.39. The van der Waals surface area contributed by atoms with Crippen molar-refractivity contribution in [2.45, 2.75) is 17.7 Å². The van der Waals surface area contributed by atoms with E-state index in [2.05, 4.69) is 21.2 Å². The summed E-state index contributed by atoms with van der Waals surface area (Å²) in [6.07, 6.45) is 0.894. The molecule has 3 rings (SSSR count). The highest BCUT2D eigenvalue weighted by Gasteiger charge is 2.32. The summed E-state index contributed by atoms with van der Waals surface area (Å²) < 4.78 is 40.5. The van der Waals surface area contributed by atoms with E-state index in [1.54, 1.807) is 12.1 Å². The maximum Gasteiger partial charge on any atom is 0.243 e. The number of carbonyl (C=O) groups is 1. The van der Waals surface area contributed by atoms with Crippen molar-refractivity contribution in [3.05, 3.63) is 58.8 Å². The predicted molar refractivity (Wildman–Crippen MR) is 101 cm³/mol. The molecule has 26 heavy (non-hydrogen) atoms. The highest BCUT2D eigenvalue weighted by Crippen LogP contribution is 2.25. The molecule has 0 atom stereocenters. The predicted octanol–water partition coefficient (Wildman–Crippen LogP) is 3.63. The van der Waals surface area contributed by atoms with E-state index in [9.17, 15) is 17.6 Å². The first-order valence-corrected chi connectivity index (χ1v) is 10.4. The number of hydrogen-bond donors (Lipinski definition) is 1. The van der Waals surface area contributed by atoms with Crippen molar-refractivity contribution in [2.24, 2.45) is 5.92 Å². The van der Waals surface area contributed by atoms with Gasteiger partial charge in [0.1, 0.15) is 5.82 Å². The van der Waals surface area contributed by atoms with Crippen LogP contribution in [0.5, 0.6) is 0 Å². The molecule has 1 saturated heterocycles. The van der Waals surface area contributed by atoms with Crippen molar-refractivity contribution in [3.8, 4) is 0 Å². The van der Waals surface area contributed by atoms with Gasteiger partial charge >= 0.3 is 0 Å². The Morgan fingerprint density at radius 1 is 1.04 bits per heavy atom. The second kappa shape index (κ2) is 7.85. The second-order valence-corrected chi connectivity index (χ2v) is 8.98. The zero-order valence-corrected chi connectivity index (χ0v) is 16.3. The van der Waals surface area contributed by atoms with Gasteiger partial charge in [-0.3, -0.25) is 4.79 Å². The Morgan fingerprint density at radius 2 is 1.62 bits per heavy atom. The van der Waals surface area contributed by atoms with Crippen LogP contribution in [0.2, 0.25) is 0 Å². The average molecular weight is 441 g/mol. The molecule has 1 fully saturated rings. The number of carbonyl (C=O) groups excluding carboxylic acids is 1. The molecule has 0 bridgehead atoms. The van der Waals surface area contributed by atoms with E-state index in [1.807, 2.05) is 12.1 Å². The second-order valence-electron chi connectivity index (χ2n) is 6.13. The van der Waals surface area contributed by atoms with Crippen LogP contribution in [0.1, 0.15) is 12.8 Å². The lowest BCUT2D eigenvalue weighted by molar-refractivity contribution is -0.120. The summed E-state index contributed by atoms with van der Waals surface area (Å²) in [5, 5.41) is 2.86. The molecule has 1 heterocycles. The smallest absolute Gasteiger partial charge is 0.243 e. The molecule has 0 radical (unpaired) electrons. The van der Waals surface area contributed by atoms with E-state index in [0.29, 0.717) is 18.5 Å². The average Bonchev–Trinajstić information content (AvgIpc) is 2.64. The van der Waals surface area contributed by atoms with Crippen molar-refractivity contribution in [1.29, 1.82) is 0 Å². The lowest BCUT2D eigenvalue weighted by Gasteiger charge is -2.30. The third-order valence-corrected chi connectivity index (χ3v) is 6.83. The first-order chi connectivity index (χ1) is 12.4. The Labute approximate surface area is 160 Å². The van der Waals surface area contributed by atoms with E-state index in [0.717, 1.165) is 16.6 Å². The maximum absolute atomic E-state index is 13.0. The topological polar surface area (TPSA) is 66.5 Å². The molecule has 0 aromatic heterocycles. The van der Waals surface area contributed by atoms with E-state index in [4.69, 9.17) is 0 Å². The van der Waals surface area contributed by atoms with Gasteiger partial charge in [-0.2, -0.15) is 4.31 Å². The zero-order valence-electron chi connectivity index (χ0n) is 13.9. The normalized spacial score (nSPS) is 16.4. The molecule has 5 nitrogen and oxygen atoms in total. The minimum atomic E-state index is -3.66. The molecule has 1 aliphatic rings. The largest absolute Gasteiger partial charge is 0.326 e. The molecule has 0 saturated carbocycles. The Bertz CT molecular complexity index is 878. The minimum Gasteiger partial charge on any atom is -0.326 e. The number of halogens is 2. The summed E-state index contributed by atoms with van der Waals surface area (Å²) in [5.41, 5.74) is 0.708. The first-order valence-electron chi connectivity index (χ1n) is 8.18.